The summed E-state index contributed by atoms with van der Waals surface area (Å²) in [4.78, 5) is 12.7. The maximum absolute atomic E-state index is 13.2. The third-order valence-corrected chi connectivity index (χ3v) is 5.67. The lowest BCUT2D eigenvalue weighted by atomic mass is 9.84. The molecule has 5 nitrogen and oxygen atoms in total. The summed E-state index contributed by atoms with van der Waals surface area (Å²) in [5, 5.41) is 7.69. The van der Waals surface area contributed by atoms with Crippen LogP contribution in [-0.4, -0.2) is 28.3 Å². The summed E-state index contributed by atoms with van der Waals surface area (Å²) in [6, 6.07) is 6.24. The Morgan fingerprint density at radius 2 is 1.93 bits per heavy atom. The standard InChI is InChI=1S/C21H29FN4O/c1-14-19(15(2)26(25-14)18-10-8-17(22)9-11-18)12-21(27)24-20(13-23)16-6-4-3-5-7-16/h8-11,16,20H,3-7,12-13,23H2,1-2H3,(H,24,27). The number of nitrogens with zero attached hydrogens (tertiary/aromatic N) is 2. The van der Waals surface area contributed by atoms with Gasteiger partial charge in [-0.3, -0.25) is 4.79 Å². The van der Waals surface area contributed by atoms with Gasteiger partial charge in [-0.25, -0.2) is 9.07 Å². The van der Waals surface area contributed by atoms with E-state index < -0.39 is 0 Å². The molecule has 1 amide bonds. The number of halogens is 1. The second-order valence-corrected chi connectivity index (χ2v) is 7.52. The number of aromatic nitrogens is 2. The first kappa shape index (κ1) is 19.5. The highest BCUT2D eigenvalue weighted by Gasteiger charge is 2.25. The molecule has 1 atom stereocenters. The average molecular weight is 372 g/mol. The molecule has 1 aliphatic carbocycles. The molecule has 6 heteroatoms. The number of nitrogens with two attached hydrogens (primary N) is 1. The van der Waals surface area contributed by atoms with Crippen LogP contribution in [0.4, 0.5) is 4.39 Å². The zero-order chi connectivity index (χ0) is 19.4. The van der Waals surface area contributed by atoms with Crippen molar-refractivity contribution < 1.29 is 9.18 Å². The molecular formula is C21H29FN4O. The number of aryl methyl sites for hydroxylation is 1. The van der Waals surface area contributed by atoms with E-state index in [-0.39, 0.29) is 24.2 Å². The summed E-state index contributed by atoms with van der Waals surface area (Å²) >= 11 is 0. The zero-order valence-corrected chi connectivity index (χ0v) is 16.2. The molecule has 1 aliphatic rings. The molecule has 1 saturated carbocycles. The van der Waals surface area contributed by atoms with E-state index >= 15 is 0 Å². The number of hydrogen-bond donors (Lipinski definition) is 2. The van der Waals surface area contributed by atoms with Crippen molar-refractivity contribution in [2.75, 3.05) is 6.54 Å². The number of carbonyl (C=O) groups excluding carboxylic acids is 1. The quantitative estimate of drug-likeness (QED) is 0.818. The molecule has 1 unspecified atom stereocenters. The maximum atomic E-state index is 13.2. The Morgan fingerprint density at radius 3 is 2.56 bits per heavy atom. The summed E-state index contributed by atoms with van der Waals surface area (Å²) in [7, 11) is 0. The smallest absolute Gasteiger partial charge is 0.224 e. The minimum atomic E-state index is -0.282. The van der Waals surface area contributed by atoms with Crippen molar-refractivity contribution >= 4 is 5.91 Å². The summed E-state index contributed by atoms with van der Waals surface area (Å²) in [5.74, 6) is 0.188. The Bertz CT molecular complexity index is 778. The van der Waals surface area contributed by atoms with Crippen LogP contribution in [0, 0.1) is 25.6 Å². The minimum Gasteiger partial charge on any atom is -0.352 e. The van der Waals surface area contributed by atoms with Crippen LogP contribution in [0.5, 0.6) is 0 Å². The van der Waals surface area contributed by atoms with E-state index in [1.807, 2.05) is 13.8 Å². The molecule has 0 spiro atoms. The molecule has 2 aromatic rings. The van der Waals surface area contributed by atoms with Gasteiger partial charge in [0.2, 0.25) is 5.91 Å². The normalized spacial score (nSPS) is 16.3. The van der Waals surface area contributed by atoms with Gasteiger partial charge in [0.15, 0.2) is 0 Å². The lowest BCUT2D eigenvalue weighted by Gasteiger charge is -2.30. The lowest BCUT2D eigenvalue weighted by molar-refractivity contribution is -0.121. The molecule has 0 bridgehead atoms. The van der Waals surface area contributed by atoms with Crippen LogP contribution in [0.2, 0.25) is 0 Å². The van der Waals surface area contributed by atoms with Crippen molar-refractivity contribution in [2.45, 2.75) is 58.4 Å². The number of hydrogen-bond acceptors (Lipinski definition) is 3. The summed E-state index contributed by atoms with van der Waals surface area (Å²) < 4.78 is 14.9. The molecule has 27 heavy (non-hydrogen) atoms. The number of benzene rings is 1. The van der Waals surface area contributed by atoms with Crippen LogP contribution in [0.1, 0.15) is 49.1 Å². The van der Waals surface area contributed by atoms with Crippen molar-refractivity contribution in [1.29, 1.82) is 0 Å². The summed E-state index contributed by atoms with van der Waals surface area (Å²) in [5.41, 5.74) is 9.34. The summed E-state index contributed by atoms with van der Waals surface area (Å²) in [6.45, 7) is 4.31. The molecule has 1 aromatic heterocycles. The van der Waals surface area contributed by atoms with Crippen molar-refractivity contribution in [2.24, 2.45) is 11.7 Å². The number of rotatable bonds is 6. The predicted octanol–water partition coefficient (Wildman–Crippen LogP) is 3.19. The molecule has 3 N–H and O–H groups in total. The Balaban J connectivity index is 1.71. The second-order valence-electron chi connectivity index (χ2n) is 7.52. The molecule has 0 saturated heterocycles. The van der Waals surface area contributed by atoms with Gasteiger partial charge in [-0.15, -0.1) is 0 Å². The van der Waals surface area contributed by atoms with Crippen LogP contribution >= 0.6 is 0 Å². The fourth-order valence-electron chi connectivity index (χ4n) is 4.09. The highest BCUT2D eigenvalue weighted by Crippen LogP contribution is 2.26. The van der Waals surface area contributed by atoms with E-state index in [0.717, 1.165) is 35.5 Å². The molecular weight excluding hydrogens is 343 g/mol. The Kier molecular flexibility index (Phi) is 6.26. The summed E-state index contributed by atoms with van der Waals surface area (Å²) in [6.07, 6.45) is 6.29. The maximum Gasteiger partial charge on any atom is 0.224 e. The van der Waals surface area contributed by atoms with E-state index in [2.05, 4.69) is 10.4 Å². The monoisotopic (exact) mass is 372 g/mol. The lowest BCUT2D eigenvalue weighted by Crippen LogP contribution is -2.46. The van der Waals surface area contributed by atoms with Gasteiger partial charge in [0, 0.05) is 23.8 Å². The van der Waals surface area contributed by atoms with Crippen molar-refractivity contribution in [1.82, 2.24) is 15.1 Å². The van der Waals surface area contributed by atoms with Crippen LogP contribution in [0.15, 0.2) is 24.3 Å². The number of nitrogens with one attached hydrogen (secondary N) is 1. The van der Waals surface area contributed by atoms with Crippen LogP contribution < -0.4 is 11.1 Å². The van der Waals surface area contributed by atoms with Crippen molar-refractivity contribution in [3.8, 4) is 5.69 Å². The highest BCUT2D eigenvalue weighted by molar-refractivity contribution is 5.79. The number of amides is 1. The predicted molar refractivity (Wildman–Crippen MR) is 104 cm³/mol. The molecule has 1 fully saturated rings. The van der Waals surface area contributed by atoms with Crippen LogP contribution in [-0.2, 0) is 11.2 Å². The molecule has 3 rings (SSSR count). The van der Waals surface area contributed by atoms with Gasteiger partial charge in [-0.1, -0.05) is 19.3 Å². The van der Waals surface area contributed by atoms with Crippen molar-refractivity contribution in [3.05, 3.63) is 47.0 Å². The highest BCUT2D eigenvalue weighted by atomic mass is 19.1. The van der Waals surface area contributed by atoms with Gasteiger partial charge >= 0.3 is 0 Å². The zero-order valence-electron chi connectivity index (χ0n) is 16.2. The minimum absolute atomic E-state index is 0.0131. The first-order valence-corrected chi connectivity index (χ1v) is 9.80. The molecule has 1 heterocycles. The van der Waals surface area contributed by atoms with E-state index in [9.17, 15) is 9.18 Å². The number of carbonyl (C=O) groups is 1. The topological polar surface area (TPSA) is 72.9 Å². The van der Waals surface area contributed by atoms with E-state index in [0.29, 0.717) is 12.5 Å². The second kappa shape index (κ2) is 8.65. The van der Waals surface area contributed by atoms with Crippen LogP contribution in [0.3, 0.4) is 0 Å². The third-order valence-electron chi connectivity index (χ3n) is 5.67. The Morgan fingerprint density at radius 1 is 1.26 bits per heavy atom. The fourth-order valence-corrected chi connectivity index (χ4v) is 4.09. The van der Waals surface area contributed by atoms with Gasteiger partial charge in [-0.05, 0) is 56.9 Å². The van der Waals surface area contributed by atoms with Crippen molar-refractivity contribution in [3.63, 3.8) is 0 Å². The Hall–Kier alpha value is -2.21. The average Bonchev–Trinajstić information content (AvgIpc) is 2.95. The van der Waals surface area contributed by atoms with Gasteiger partial charge in [-0.2, -0.15) is 5.10 Å². The van der Waals surface area contributed by atoms with Gasteiger partial charge in [0.1, 0.15) is 5.82 Å². The van der Waals surface area contributed by atoms with Gasteiger partial charge in [0.25, 0.3) is 0 Å². The first-order valence-electron chi connectivity index (χ1n) is 9.80. The molecule has 0 aliphatic heterocycles. The molecule has 146 valence electrons. The van der Waals surface area contributed by atoms with E-state index in [1.165, 1.54) is 31.4 Å². The first-order chi connectivity index (χ1) is 13.0. The fraction of sp³-hybridized carbons (Fsp3) is 0.524. The largest absolute Gasteiger partial charge is 0.352 e. The Labute approximate surface area is 160 Å². The van der Waals surface area contributed by atoms with Crippen LogP contribution in [0.25, 0.3) is 5.69 Å². The molecule has 0 radical (unpaired) electrons. The van der Waals surface area contributed by atoms with Gasteiger partial charge in [0.05, 0.1) is 17.8 Å². The third kappa shape index (κ3) is 4.56. The van der Waals surface area contributed by atoms with E-state index in [4.69, 9.17) is 5.73 Å². The van der Waals surface area contributed by atoms with Gasteiger partial charge < -0.3 is 11.1 Å². The molecule has 1 aromatic carbocycles. The SMILES string of the molecule is Cc1nn(-c2ccc(F)cc2)c(C)c1CC(=O)NC(CN)C1CCCCC1. The van der Waals surface area contributed by atoms with E-state index in [1.54, 1.807) is 16.8 Å².